The molecule has 1 atom stereocenters. The van der Waals surface area contributed by atoms with Gasteiger partial charge in [-0.15, -0.1) is 0 Å². The predicted octanol–water partition coefficient (Wildman–Crippen LogP) is 4.62. The van der Waals surface area contributed by atoms with Crippen molar-refractivity contribution in [3.05, 3.63) is 28.8 Å². The number of anilines is 1. The second-order valence-electron chi connectivity index (χ2n) is 5.32. The van der Waals surface area contributed by atoms with Gasteiger partial charge in [-0.1, -0.05) is 37.4 Å². The molecular weight excluding hydrogens is 256 g/mol. The van der Waals surface area contributed by atoms with E-state index in [1.807, 2.05) is 12.1 Å². The molecule has 1 aliphatic heterocycles. The zero-order chi connectivity index (χ0) is 13.7. The number of hydrogen-bond acceptors (Lipinski definition) is 2. The summed E-state index contributed by atoms with van der Waals surface area (Å²) in [4.78, 5) is 2.33. The fraction of sp³-hybridized carbons (Fsp3) is 0.562. The molecule has 1 unspecified atom stereocenters. The molecule has 0 saturated carbocycles. The predicted molar refractivity (Wildman–Crippen MR) is 80.6 cm³/mol. The van der Waals surface area contributed by atoms with Gasteiger partial charge in [0.25, 0.3) is 0 Å². The smallest absolute Gasteiger partial charge is 0.103 e. The highest BCUT2D eigenvalue weighted by atomic mass is 35.5. The summed E-state index contributed by atoms with van der Waals surface area (Å²) in [6.07, 6.45) is 6.35. The lowest BCUT2D eigenvalue weighted by atomic mass is 9.96. The SMILES string of the molecule is CCCC1CCCN(c2cccc(Cl)c2C#N)CC1. The van der Waals surface area contributed by atoms with E-state index in [2.05, 4.69) is 17.9 Å². The molecule has 1 aromatic carbocycles. The Morgan fingerprint density at radius 2 is 2.21 bits per heavy atom. The van der Waals surface area contributed by atoms with Crippen LogP contribution in [0, 0.1) is 17.2 Å². The summed E-state index contributed by atoms with van der Waals surface area (Å²) >= 11 is 6.12. The molecule has 1 saturated heterocycles. The minimum absolute atomic E-state index is 0.564. The average molecular weight is 277 g/mol. The van der Waals surface area contributed by atoms with Crippen molar-refractivity contribution in [2.75, 3.05) is 18.0 Å². The van der Waals surface area contributed by atoms with E-state index in [0.717, 1.165) is 24.7 Å². The Balaban J connectivity index is 2.15. The Kier molecular flexibility index (Phi) is 5.10. The average Bonchev–Trinajstić information content (AvgIpc) is 2.64. The molecule has 1 fully saturated rings. The summed E-state index contributed by atoms with van der Waals surface area (Å²) in [5.74, 6) is 0.847. The van der Waals surface area contributed by atoms with E-state index in [1.165, 1.54) is 32.1 Å². The van der Waals surface area contributed by atoms with Crippen molar-refractivity contribution in [1.82, 2.24) is 0 Å². The van der Waals surface area contributed by atoms with E-state index in [0.29, 0.717) is 10.6 Å². The maximum atomic E-state index is 9.28. The highest BCUT2D eigenvalue weighted by Gasteiger charge is 2.19. The molecular formula is C16H21ClN2. The van der Waals surface area contributed by atoms with Crippen LogP contribution in [0.5, 0.6) is 0 Å². The van der Waals surface area contributed by atoms with Gasteiger partial charge < -0.3 is 4.90 Å². The van der Waals surface area contributed by atoms with Crippen molar-refractivity contribution >= 4 is 17.3 Å². The number of nitrogens with zero attached hydrogens (tertiary/aromatic N) is 2. The van der Waals surface area contributed by atoms with Crippen LogP contribution >= 0.6 is 11.6 Å². The Labute approximate surface area is 121 Å². The molecule has 2 rings (SSSR count). The molecule has 102 valence electrons. The van der Waals surface area contributed by atoms with Crippen LogP contribution in [-0.2, 0) is 0 Å². The van der Waals surface area contributed by atoms with Gasteiger partial charge in [0.15, 0.2) is 0 Å². The van der Waals surface area contributed by atoms with Crippen molar-refractivity contribution in [3.8, 4) is 6.07 Å². The molecule has 2 nitrogen and oxygen atoms in total. The summed E-state index contributed by atoms with van der Waals surface area (Å²) < 4.78 is 0. The second-order valence-corrected chi connectivity index (χ2v) is 5.73. The van der Waals surface area contributed by atoms with Gasteiger partial charge >= 0.3 is 0 Å². The van der Waals surface area contributed by atoms with Crippen molar-refractivity contribution in [2.45, 2.75) is 39.0 Å². The molecule has 1 aliphatic rings. The zero-order valence-electron chi connectivity index (χ0n) is 11.5. The van der Waals surface area contributed by atoms with Crippen LogP contribution < -0.4 is 4.90 Å². The molecule has 3 heteroatoms. The van der Waals surface area contributed by atoms with Crippen molar-refractivity contribution in [1.29, 1.82) is 5.26 Å². The molecule has 1 aromatic rings. The zero-order valence-corrected chi connectivity index (χ0v) is 12.3. The summed E-state index contributed by atoms with van der Waals surface area (Å²) in [7, 11) is 0. The molecule has 0 radical (unpaired) electrons. The first-order valence-electron chi connectivity index (χ1n) is 7.19. The summed E-state index contributed by atoms with van der Waals surface area (Å²) in [6.45, 7) is 4.34. The maximum Gasteiger partial charge on any atom is 0.103 e. The Morgan fingerprint density at radius 1 is 1.37 bits per heavy atom. The number of nitriles is 1. The van der Waals surface area contributed by atoms with E-state index in [4.69, 9.17) is 11.6 Å². The molecule has 0 amide bonds. The first-order chi connectivity index (χ1) is 9.26. The Morgan fingerprint density at radius 3 is 2.95 bits per heavy atom. The van der Waals surface area contributed by atoms with Gasteiger partial charge in [0.1, 0.15) is 6.07 Å². The molecule has 0 bridgehead atoms. The maximum absolute atomic E-state index is 9.28. The van der Waals surface area contributed by atoms with E-state index < -0.39 is 0 Å². The molecule has 0 N–H and O–H groups in total. The quantitative estimate of drug-likeness (QED) is 0.805. The van der Waals surface area contributed by atoms with Crippen LogP contribution in [0.1, 0.15) is 44.6 Å². The Hall–Kier alpha value is -1.20. The highest BCUT2D eigenvalue weighted by molar-refractivity contribution is 6.32. The standard InChI is InChI=1S/C16H21ClN2/c1-2-5-13-6-4-10-19(11-9-13)16-8-3-7-15(17)14(16)12-18/h3,7-8,13H,2,4-6,9-11H2,1H3. The van der Waals surface area contributed by atoms with Crippen LogP contribution in [-0.4, -0.2) is 13.1 Å². The van der Waals surface area contributed by atoms with Gasteiger partial charge in [0, 0.05) is 13.1 Å². The third-order valence-electron chi connectivity index (χ3n) is 3.99. The minimum Gasteiger partial charge on any atom is -0.370 e. The lowest BCUT2D eigenvalue weighted by Crippen LogP contribution is -2.25. The van der Waals surface area contributed by atoms with E-state index in [1.54, 1.807) is 6.07 Å². The Bertz CT molecular complexity index is 464. The fourth-order valence-electron chi connectivity index (χ4n) is 2.99. The molecule has 0 aromatic heterocycles. The fourth-order valence-corrected chi connectivity index (χ4v) is 3.20. The highest BCUT2D eigenvalue weighted by Crippen LogP contribution is 2.30. The summed E-state index contributed by atoms with van der Waals surface area (Å²) in [6, 6.07) is 7.99. The molecule has 0 spiro atoms. The lowest BCUT2D eigenvalue weighted by molar-refractivity contribution is 0.435. The number of benzene rings is 1. The molecule has 1 heterocycles. The van der Waals surface area contributed by atoms with Crippen LogP contribution in [0.2, 0.25) is 5.02 Å². The van der Waals surface area contributed by atoms with Gasteiger partial charge in [0.05, 0.1) is 16.3 Å². The van der Waals surface area contributed by atoms with Crippen molar-refractivity contribution in [3.63, 3.8) is 0 Å². The van der Waals surface area contributed by atoms with Gasteiger partial charge in [-0.25, -0.2) is 0 Å². The van der Waals surface area contributed by atoms with E-state index >= 15 is 0 Å². The molecule has 19 heavy (non-hydrogen) atoms. The number of halogens is 1. The second kappa shape index (κ2) is 6.82. The van der Waals surface area contributed by atoms with Crippen LogP contribution in [0.3, 0.4) is 0 Å². The van der Waals surface area contributed by atoms with Crippen LogP contribution in [0.25, 0.3) is 0 Å². The summed E-state index contributed by atoms with van der Waals surface area (Å²) in [5.41, 5.74) is 1.63. The van der Waals surface area contributed by atoms with E-state index in [-0.39, 0.29) is 0 Å². The van der Waals surface area contributed by atoms with Gasteiger partial charge in [-0.3, -0.25) is 0 Å². The third-order valence-corrected chi connectivity index (χ3v) is 4.30. The normalized spacial score (nSPS) is 19.8. The minimum atomic E-state index is 0.564. The summed E-state index contributed by atoms with van der Waals surface area (Å²) in [5, 5.41) is 9.84. The van der Waals surface area contributed by atoms with Gasteiger partial charge in [-0.05, 0) is 37.3 Å². The monoisotopic (exact) mass is 276 g/mol. The lowest BCUT2D eigenvalue weighted by Gasteiger charge is -2.24. The van der Waals surface area contributed by atoms with Crippen LogP contribution in [0.4, 0.5) is 5.69 Å². The number of hydrogen-bond donors (Lipinski definition) is 0. The van der Waals surface area contributed by atoms with Crippen LogP contribution in [0.15, 0.2) is 18.2 Å². The third kappa shape index (κ3) is 3.42. The molecule has 0 aliphatic carbocycles. The van der Waals surface area contributed by atoms with Gasteiger partial charge in [-0.2, -0.15) is 5.26 Å². The van der Waals surface area contributed by atoms with E-state index in [9.17, 15) is 5.26 Å². The number of rotatable bonds is 3. The largest absolute Gasteiger partial charge is 0.370 e. The van der Waals surface area contributed by atoms with Crippen molar-refractivity contribution in [2.24, 2.45) is 5.92 Å². The van der Waals surface area contributed by atoms with Gasteiger partial charge in [0.2, 0.25) is 0 Å². The first-order valence-corrected chi connectivity index (χ1v) is 7.57. The topological polar surface area (TPSA) is 27.0 Å². The first kappa shape index (κ1) is 14.2. The van der Waals surface area contributed by atoms with Crippen molar-refractivity contribution < 1.29 is 0 Å².